The number of alkyl halides is 4. The summed E-state index contributed by atoms with van der Waals surface area (Å²) < 4.78 is 3.55. The fourth-order valence-corrected chi connectivity index (χ4v) is 2.74. The van der Waals surface area contributed by atoms with E-state index in [1.165, 1.54) is 0 Å². The smallest absolute Gasteiger partial charge is 0.286 e. The molecule has 0 saturated carbocycles. The second-order valence-corrected chi connectivity index (χ2v) is 6.42. The average Bonchev–Trinajstić information content (AvgIpc) is 2.07. The fraction of sp³-hybridized carbons (Fsp3) is 0.625. The van der Waals surface area contributed by atoms with E-state index in [4.69, 9.17) is 44.8 Å². The van der Waals surface area contributed by atoms with Crippen molar-refractivity contribution in [3.05, 3.63) is 12.2 Å². The molecule has 0 heterocycles. The predicted molar refractivity (Wildman–Crippen MR) is 61.0 cm³/mol. The van der Waals surface area contributed by atoms with E-state index >= 15 is 0 Å². The number of ether oxygens (including phenoxy) is 1. The van der Waals surface area contributed by atoms with Gasteiger partial charge in [-0.25, -0.2) is 0 Å². The van der Waals surface area contributed by atoms with E-state index in [1.54, 1.807) is 25.3 Å². The molecule has 14 heavy (non-hydrogen) atoms. The van der Waals surface area contributed by atoms with Crippen molar-refractivity contribution < 1.29 is 4.74 Å². The topological polar surface area (TPSA) is 33.0 Å². The molecule has 0 aliphatic heterocycles. The van der Waals surface area contributed by atoms with Crippen molar-refractivity contribution in [3.8, 4) is 6.26 Å². The van der Waals surface area contributed by atoms with Crippen LogP contribution < -0.4 is 0 Å². The van der Waals surface area contributed by atoms with Crippen molar-refractivity contribution in [2.24, 2.45) is 0 Å². The third-order valence-electron chi connectivity index (χ3n) is 1.99. The van der Waals surface area contributed by atoms with Crippen LogP contribution in [0.5, 0.6) is 0 Å². The number of nitrogens with zero attached hydrogens (tertiary/aromatic N) is 1. The highest BCUT2D eigenvalue weighted by Crippen LogP contribution is 2.46. The summed E-state index contributed by atoms with van der Waals surface area (Å²) in [6.45, 7) is 1.69. The largest absolute Gasteiger partial charge is 0.419 e. The van der Waals surface area contributed by atoms with Gasteiger partial charge in [0, 0.05) is 0 Å². The molecule has 6 heteroatoms. The van der Waals surface area contributed by atoms with Gasteiger partial charge in [0.05, 0.1) is 4.83 Å². The molecule has 0 fully saturated rings. The minimum Gasteiger partial charge on any atom is -0.419 e. The highest BCUT2D eigenvalue weighted by molar-refractivity contribution is 9.09. The van der Waals surface area contributed by atoms with Crippen LogP contribution >= 0.6 is 50.7 Å². The van der Waals surface area contributed by atoms with Crippen molar-refractivity contribution in [1.29, 1.82) is 5.26 Å². The van der Waals surface area contributed by atoms with Crippen LogP contribution in [0.15, 0.2) is 12.2 Å². The summed E-state index contributed by atoms with van der Waals surface area (Å²) in [4.78, 5) is -1.19. The van der Waals surface area contributed by atoms with Gasteiger partial charge in [-0.3, -0.25) is 0 Å². The summed E-state index contributed by atoms with van der Waals surface area (Å²) in [6, 6.07) is 0. The maximum Gasteiger partial charge on any atom is 0.286 e. The molecular formula is C8H7BrCl3NO. The van der Waals surface area contributed by atoms with Gasteiger partial charge in [-0.05, 0) is 6.92 Å². The molecule has 1 aliphatic rings. The van der Waals surface area contributed by atoms with Crippen LogP contribution in [-0.2, 0) is 4.74 Å². The lowest BCUT2D eigenvalue weighted by Crippen LogP contribution is -2.53. The lowest BCUT2D eigenvalue weighted by molar-refractivity contribution is 0.119. The Bertz CT molecular complexity index is 297. The molecule has 0 radical (unpaired) electrons. The van der Waals surface area contributed by atoms with Crippen molar-refractivity contribution in [2.75, 3.05) is 0 Å². The first kappa shape index (κ1) is 12.4. The van der Waals surface area contributed by atoms with E-state index in [1.807, 2.05) is 0 Å². The predicted octanol–water partition coefficient (Wildman–Crippen LogP) is 3.36. The Labute approximate surface area is 106 Å². The molecule has 0 amide bonds. The Balaban J connectivity index is 3.07. The molecule has 3 atom stereocenters. The Kier molecular flexibility index (Phi) is 3.64. The molecule has 0 aromatic carbocycles. The van der Waals surface area contributed by atoms with Crippen LogP contribution in [-0.4, -0.2) is 20.1 Å². The summed E-state index contributed by atoms with van der Waals surface area (Å²) in [7, 11) is 0. The normalized spacial score (nSPS) is 40.3. The first-order valence-electron chi connectivity index (χ1n) is 3.77. The zero-order chi connectivity index (χ0) is 11.0. The number of halogens is 4. The van der Waals surface area contributed by atoms with Crippen molar-refractivity contribution in [2.45, 2.75) is 27.1 Å². The van der Waals surface area contributed by atoms with E-state index in [0.717, 1.165) is 0 Å². The van der Waals surface area contributed by atoms with Crippen LogP contribution in [0.1, 0.15) is 6.92 Å². The molecule has 0 bridgehead atoms. The molecule has 0 saturated heterocycles. The van der Waals surface area contributed by atoms with E-state index in [-0.39, 0.29) is 4.83 Å². The van der Waals surface area contributed by atoms with E-state index in [9.17, 15) is 0 Å². The van der Waals surface area contributed by atoms with E-state index in [2.05, 4.69) is 15.9 Å². The maximum absolute atomic E-state index is 8.48. The van der Waals surface area contributed by atoms with E-state index in [0.29, 0.717) is 0 Å². The zero-order valence-electron chi connectivity index (χ0n) is 7.18. The minimum atomic E-state index is -1.26. The average molecular weight is 319 g/mol. The maximum atomic E-state index is 8.48. The Morgan fingerprint density at radius 1 is 1.50 bits per heavy atom. The van der Waals surface area contributed by atoms with Crippen LogP contribution in [0.2, 0.25) is 0 Å². The molecule has 1 aliphatic carbocycles. The number of hydrogen-bond acceptors (Lipinski definition) is 2. The van der Waals surface area contributed by atoms with Crippen LogP contribution in [0.3, 0.4) is 0 Å². The lowest BCUT2D eigenvalue weighted by Gasteiger charge is -2.40. The second-order valence-electron chi connectivity index (χ2n) is 3.18. The number of rotatable bonds is 1. The summed E-state index contributed by atoms with van der Waals surface area (Å²) >= 11 is 21.5. The standard InChI is InChI=1S/C8H7BrCl3NO/c1-7(10)3-2-5(9)8(11,12)6(7)14-4-13/h2-3,5-6H,1H3. The summed E-state index contributed by atoms with van der Waals surface area (Å²) in [5.41, 5.74) is 0. The molecule has 0 aromatic rings. The number of nitriles is 1. The Morgan fingerprint density at radius 3 is 2.57 bits per heavy atom. The molecule has 0 aromatic heterocycles. The Morgan fingerprint density at radius 2 is 2.07 bits per heavy atom. The summed E-state index contributed by atoms with van der Waals surface area (Å²) in [6.07, 6.45) is 4.22. The number of allylic oxidation sites excluding steroid dienone is 1. The van der Waals surface area contributed by atoms with Gasteiger partial charge in [0.1, 0.15) is 4.87 Å². The van der Waals surface area contributed by atoms with Gasteiger partial charge in [-0.1, -0.05) is 51.3 Å². The quantitative estimate of drug-likeness (QED) is 0.422. The summed E-state index contributed by atoms with van der Waals surface area (Å²) in [5.74, 6) is 0. The van der Waals surface area contributed by atoms with Gasteiger partial charge < -0.3 is 4.74 Å². The third-order valence-corrected chi connectivity index (χ3v) is 4.74. The van der Waals surface area contributed by atoms with Gasteiger partial charge in [0.25, 0.3) is 6.26 Å². The van der Waals surface area contributed by atoms with E-state index < -0.39 is 15.3 Å². The highest BCUT2D eigenvalue weighted by Gasteiger charge is 2.53. The fourth-order valence-electron chi connectivity index (χ4n) is 1.26. The zero-order valence-corrected chi connectivity index (χ0v) is 11.0. The third kappa shape index (κ3) is 2.14. The van der Waals surface area contributed by atoms with Crippen LogP contribution in [0, 0.1) is 11.5 Å². The monoisotopic (exact) mass is 317 g/mol. The van der Waals surface area contributed by atoms with Gasteiger partial charge in [-0.15, -0.1) is 11.6 Å². The van der Waals surface area contributed by atoms with Crippen molar-refractivity contribution in [3.63, 3.8) is 0 Å². The lowest BCUT2D eigenvalue weighted by atomic mass is 9.92. The number of hydrogen-bond donors (Lipinski definition) is 0. The molecule has 0 spiro atoms. The van der Waals surface area contributed by atoms with Crippen LogP contribution in [0.4, 0.5) is 0 Å². The first-order chi connectivity index (χ1) is 6.32. The first-order valence-corrected chi connectivity index (χ1v) is 5.82. The molecule has 0 N–H and O–H groups in total. The second kappa shape index (κ2) is 4.09. The molecular weight excluding hydrogens is 312 g/mol. The van der Waals surface area contributed by atoms with Crippen molar-refractivity contribution >= 4 is 50.7 Å². The summed E-state index contributed by atoms with van der Waals surface area (Å²) in [5, 5.41) is 8.48. The van der Waals surface area contributed by atoms with Gasteiger partial charge in [0.15, 0.2) is 10.4 Å². The molecule has 2 nitrogen and oxygen atoms in total. The SMILES string of the molecule is CC1(Cl)C=CC(Br)C(Cl)(Cl)C1OC#N. The minimum absolute atomic E-state index is 0.302. The van der Waals surface area contributed by atoms with Crippen LogP contribution in [0.25, 0.3) is 0 Å². The molecule has 78 valence electrons. The van der Waals surface area contributed by atoms with Gasteiger partial charge in [-0.2, -0.15) is 5.26 Å². The van der Waals surface area contributed by atoms with Gasteiger partial charge in [0.2, 0.25) is 0 Å². The molecule has 1 rings (SSSR count). The molecule has 3 unspecified atom stereocenters. The Hall–Kier alpha value is 0.380. The highest BCUT2D eigenvalue weighted by atomic mass is 79.9. The van der Waals surface area contributed by atoms with Crippen molar-refractivity contribution in [1.82, 2.24) is 0 Å². The van der Waals surface area contributed by atoms with Gasteiger partial charge >= 0.3 is 0 Å².